The molecule has 0 aromatic carbocycles. The molecule has 0 bridgehead atoms. The van der Waals surface area contributed by atoms with Crippen LogP contribution in [0.15, 0.2) is 0 Å². The normalized spacial score (nSPS) is 18.0. The summed E-state index contributed by atoms with van der Waals surface area (Å²) in [6.45, 7) is 0.122. The fourth-order valence-corrected chi connectivity index (χ4v) is 3.35. The fraction of sp³-hybridized carbons (Fsp3) is 0.818. The molecule has 0 amide bonds. The van der Waals surface area contributed by atoms with Crippen LogP contribution < -0.4 is 0 Å². The number of nitrogens with zero attached hydrogens (tertiary/aromatic N) is 2. The molecule has 1 fully saturated rings. The van der Waals surface area contributed by atoms with Gasteiger partial charge >= 0.3 is 11.9 Å². The Kier molecular flexibility index (Phi) is 5.90. The summed E-state index contributed by atoms with van der Waals surface area (Å²) < 4.78 is 35.7. The molecule has 0 radical (unpaired) electrons. The van der Waals surface area contributed by atoms with Gasteiger partial charge in [-0.1, -0.05) is 0 Å². The van der Waals surface area contributed by atoms with E-state index in [1.165, 1.54) is 25.6 Å². The van der Waals surface area contributed by atoms with Crippen molar-refractivity contribution in [2.75, 3.05) is 40.9 Å². The van der Waals surface area contributed by atoms with Crippen molar-refractivity contribution in [3.8, 4) is 0 Å². The molecule has 8 nitrogen and oxygen atoms in total. The van der Waals surface area contributed by atoms with Crippen molar-refractivity contribution >= 4 is 22.1 Å². The molecular formula is C11H20N2O6S. The van der Waals surface area contributed by atoms with Crippen LogP contribution in [0.1, 0.15) is 12.8 Å². The zero-order valence-corrected chi connectivity index (χ0v) is 12.7. The molecule has 0 aliphatic carbocycles. The van der Waals surface area contributed by atoms with Gasteiger partial charge in [0.25, 0.3) is 10.2 Å². The predicted molar refractivity (Wildman–Crippen MR) is 69.9 cm³/mol. The molecule has 1 aliphatic heterocycles. The van der Waals surface area contributed by atoms with E-state index >= 15 is 0 Å². The molecule has 9 heteroatoms. The van der Waals surface area contributed by atoms with Gasteiger partial charge in [-0.3, -0.25) is 9.59 Å². The van der Waals surface area contributed by atoms with Crippen molar-refractivity contribution in [2.24, 2.45) is 5.92 Å². The quantitative estimate of drug-likeness (QED) is 0.619. The first kappa shape index (κ1) is 16.9. The highest BCUT2D eigenvalue weighted by molar-refractivity contribution is 7.86. The number of carbonyl (C=O) groups excluding carboxylic acids is 2. The Bertz CT molecular complexity index is 456. The monoisotopic (exact) mass is 308 g/mol. The lowest BCUT2D eigenvalue weighted by atomic mass is 9.99. The highest BCUT2D eigenvalue weighted by atomic mass is 32.2. The van der Waals surface area contributed by atoms with Gasteiger partial charge in [0.05, 0.1) is 20.1 Å². The van der Waals surface area contributed by atoms with Crippen molar-refractivity contribution in [3.05, 3.63) is 0 Å². The van der Waals surface area contributed by atoms with Crippen LogP contribution >= 0.6 is 0 Å². The van der Waals surface area contributed by atoms with Crippen molar-refractivity contribution in [1.82, 2.24) is 8.61 Å². The zero-order chi connectivity index (χ0) is 15.3. The fourth-order valence-electron chi connectivity index (χ4n) is 2.01. The maximum atomic E-state index is 12.2. The SMILES string of the molecule is COC(=O)CN(C)S(=O)(=O)N1CCC(C(=O)OC)CC1. The molecule has 1 heterocycles. The summed E-state index contributed by atoms with van der Waals surface area (Å²) in [6, 6.07) is 0. The molecule has 20 heavy (non-hydrogen) atoms. The van der Waals surface area contributed by atoms with Crippen LogP contribution in [0.2, 0.25) is 0 Å². The van der Waals surface area contributed by atoms with Gasteiger partial charge < -0.3 is 9.47 Å². The summed E-state index contributed by atoms with van der Waals surface area (Å²) in [5.41, 5.74) is 0. The number of piperidine rings is 1. The van der Waals surface area contributed by atoms with Gasteiger partial charge in [-0.05, 0) is 12.8 Å². The van der Waals surface area contributed by atoms with Crippen molar-refractivity contribution in [1.29, 1.82) is 0 Å². The third-order valence-corrected chi connectivity index (χ3v) is 5.22. The van der Waals surface area contributed by atoms with Crippen LogP contribution in [-0.4, -0.2) is 69.9 Å². The molecule has 0 aromatic rings. The van der Waals surface area contributed by atoms with Gasteiger partial charge in [0.2, 0.25) is 0 Å². The summed E-state index contributed by atoms with van der Waals surface area (Å²) in [6.07, 6.45) is 0.829. The zero-order valence-electron chi connectivity index (χ0n) is 11.9. The van der Waals surface area contributed by atoms with Gasteiger partial charge in [-0.2, -0.15) is 17.0 Å². The van der Waals surface area contributed by atoms with Gasteiger partial charge in [0.15, 0.2) is 0 Å². The molecule has 1 saturated heterocycles. The standard InChI is InChI=1S/C11H20N2O6S/c1-12(8-10(14)18-2)20(16,17)13-6-4-9(5-7-13)11(15)19-3/h9H,4-8H2,1-3H3. The molecule has 0 saturated carbocycles. The lowest BCUT2D eigenvalue weighted by molar-refractivity contribution is -0.146. The van der Waals surface area contributed by atoms with E-state index in [9.17, 15) is 18.0 Å². The number of carbonyl (C=O) groups is 2. The number of methoxy groups -OCH3 is 2. The van der Waals surface area contributed by atoms with Crippen molar-refractivity contribution in [2.45, 2.75) is 12.8 Å². The molecule has 116 valence electrons. The summed E-state index contributed by atoms with van der Waals surface area (Å²) in [5, 5.41) is 0. The molecule has 0 N–H and O–H groups in total. The number of hydrogen-bond acceptors (Lipinski definition) is 6. The second-order valence-electron chi connectivity index (χ2n) is 4.54. The first-order valence-electron chi connectivity index (χ1n) is 6.19. The number of hydrogen-bond donors (Lipinski definition) is 0. The average molecular weight is 308 g/mol. The molecule has 1 aliphatic rings. The van der Waals surface area contributed by atoms with Crippen LogP contribution in [0.3, 0.4) is 0 Å². The van der Waals surface area contributed by atoms with Crippen LogP contribution in [0.25, 0.3) is 0 Å². The van der Waals surface area contributed by atoms with E-state index in [4.69, 9.17) is 0 Å². The largest absolute Gasteiger partial charge is 0.469 e. The Balaban J connectivity index is 2.63. The number of likely N-dealkylation sites (N-methyl/N-ethyl adjacent to an activating group) is 1. The van der Waals surface area contributed by atoms with E-state index in [1.54, 1.807) is 0 Å². The predicted octanol–water partition coefficient (Wildman–Crippen LogP) is -0.779. The third-order valence-electron chi connectivity index (χ3n) is 3.29. The summed E-state index contributed by atoms with van der Waals surface area (Å²) in [4.78, 5) is 22.5. The van der Waals surface area contributed by atoms with E-state index in [2.05, 4.69) is 9.47 Å². The minimum absolute atomic E-state index is 0.230. The maximum Gasteiger partial charge on any atom is 0.321 e. The Morgan fingerprint density at radius 1 is 1.20 bits per heavy atom. The maximum absolute atomic E-state index is 12.2. The lowest BCUT2D eigenvalue weighted by Gasteiger charge is -2.32. The first-order chi connectivity index (χ1) is 9.32. The van der Waals surface area contributed by atoms with Crippen LogP contribution in [0, 0.1) is 5.92 Å². The molecule has 0 unspecified atom stereocenters. The van der Waals surface area contributed by atoms with Gasteiger partial charge in [-0.25, -0.2) is 0 Å². The minimum Gasteiger partial charge on any atom is -0.469 e. The number of ether oxygens (including phenoxy) is 2. The number of rotatable bonds is 5. The molecule has 1 rings (SSSR count). The first-order valence-corrected chi connectivity index (χ1v) is 7.58. The van der Waals surface area contributed by atoms with Gasteiger partial charge in [0, 0.05) is 20.1 Å². The van der Waals surface area contributed by atoms with Gasteiger partial charge in [0.1, 0.15) is 6.54 Å². The van der Waals surface area contributed by atoms with Crippen molar-refractivity contribution < 1.29 is 27.5 Å². The molecule has 0 atom stereocenters. The van der Waals surface area contributed by atoms with Gasteiger partial charge in [-0.15, -0.1) is 0 Å². The molecule has 0 spiro atoms. The van der Waals surface area contributed by atoms with E-state index in [-0.39, 0.29) is 31.5 Å². The van der Waals surface area contributed by atoms with E-state index < -0.39 is 16.2 Å². The smallest absolute Gasteiger partial charge is 0.321 e. The highest BCUT2D eigenvalue weighted by Crippen LogP contribution is 2.21. The van der Waals surface area contributed by atoms with E-state index in [0.717, 1.165) is 4.31 Å². The lowest BCUT2D eigenvalue weighted by Crippen LogP contribution is -2.48. The van der Waals surface area contributed by atoms with E-state index in [1.807, 2.05) is 0 Å². The van der Waals surface area contributed by atoms with E-state index in [0.29, 0.717) is 12.8 Å². The van der Waals surface area contributed by atoms with Crippen LogP contribution in [-0.2, 0) is 29.3 Å². The Morgan fingerprint density at radius 3 is 2.20 bits per heavy atom. The second kappa shape index (κ2) is 7.00. The Hall–Kier alpha value is -1.19. The topological polar surface area (TPSA) is 93.2 Å². The van der Waals surface area contributed by atoms with Crippen molar-refractivity contribution in [3.63, 3.8) is 0 Å². The minimum atomic E-state index is -3.71. The number of esters is 2. The third kappa shape index (κ3) is 3.90. The average Bonchev–Trinajstić information content (AvgIpc) is 2.46. The Labute approximate surface area is 118 Å². The summed E-state index contributed by atoms with van der Waals surface area (Å²) in [7, 11) is 0.123. The molecule has 0 aromatic heterocycles. The van der Waals surface area contributed by atoms with Crippen LogP contribution in [0.5, 0.6) is 0 Å². The molecular weight excluding hydrogens is 288 g/mol. The second-order valence-corrected chi connectivity index (χ2v) is 6.57. The summed E-state index contributed by atoms with van der Waals surface area (Å²) >= 11 is 0. The highest BCUT2D eigenvalue weighted by Gasteiger charge is 2.34. The summed E-state index contributed by atoms with van der Waals surface area (Å²) in [5.74, 6) is -1.21. The van der Waals surface area contributed by atoms with Crippen LogP contribution in [0.4, 0.5) is 0 Å². The Morgan fingerprint density at radius 2 is 1.75 bits per heavy atom.